The van der Waals surface area contributed by atoms with Gasteiger partial charge in [-0.05, 0) is 42.3 Å². The number of ketones is 1. The molecule has 2 aromatic rings. The van der Waals surface area contributed by atoms with E-state index in [2.05, 4.69) is 5.16 Å². The maximum atomic E-state index is 12.7. The number of Topliss-reactive ketones (excluding diaryl/α,β-unsaturated/α-hetero) is 1. The Hall–Kier alpha value is -3.03. The van der Waals surface area contributed by atoms with Gasteiger partial charge in [-0.3, -0.25) is 4.79 Å². The third kappa shape index (κ3) is 5.48. The first kappa shape index (κ1) is 21.3. The zero-order chi connectivity index (χ0) is 20.7. The Kier molecular flexibility index (Phi) is 7.03. The van der Waals surface area contributed by atoms with Crippen LogP contribution in [0.2, 0.25) is 0 Å². The number of carbonyl (C=O) groups is 1. The molecule has 8 heteroatoms. The molecule has 0 radical (unpaired) electrons. The summed E-state index contributed by atoms with van der Waals surface area (Å²) in [6, 6.07) is 9.80. The molecule has 28 heavy (non-hydrogen) atoms. The molecule has 0 bridgehead atoms. The Morgan fingerprint density at radius 1 is 1.11 bits per heavy atom. The fourth-order valence-electron chi connectivity index (χ4n) is 2.53. The molecular formula is C20H20F3NO4. The van der Waals surface area contributed by atoms with Gasteiger partial charge in [0.25, 0.3) is 0 Å². The summed E-state index contributed by atoms with van der Waals surface area (Å²) in [5, 5.41) is 3.76. The van der Waals surface area contributed by atoms with Crippen LogP contribution in [0.5, 0.6) is 11.5 Å². The summed E-state index contributed by atoms with van der Waals surface area (Å²) in [6.07, 6.45) is -3.12. The highest BCUT2D eigenvalue weighted by atomic mass is 19.4. The maximum Gasteiger partial charge on any atom is 0.416 e. The number of methoxy groups -OCH3 is 2. The summed E-state index contributed by atoms with van der Waals surface area (Å²) >= 11 is 0. The highest BCUT2D eigenvalue weighted by Crippen LogP contribution is 2.31. The normalized spacial score (nSPS) is 12.6. The van der Waals surface area contributed by atoms with E-state index in [4.69, 9.17) is 14.3 Å². The molecule has 150 valence electrons. The summed E-state index contributed by atoms with van der Waals surface area (Å²) in [5.41, 5.74) is 0.179. The van der Waals surface area contributed by atoms with Crippen molar-refractivity contribution in [1.29, 1.82) is 0 Å². The lowest BCUT2D eigenvalue weighted by molar-refractivity contribution is -0.137. The quantitative estimate of drug-likeness (QED) is 0.484. The van der Waals surface area contributed by atoms with Crippen LogP contribution in [0.3, 0.4) is 0 Å². The standard InChI is InChI=1S/C20H20F3NO4/c1-13(25)17(15-7-8-18(26-2)19(10-15)27-3)11-24-28-12-14-5-4-6-16(9-14)20(21,22)23/h4-11,17H,12H2,1-3H3/b24-11+. The second-order valence-electron chi connectivity index (χ2n) is 5.93. The van der Waals surface area contributed by atoms with E-state index in [-0.39, 0.29) is 12.4 Å². The molecule has 0 fully saturated rings. The monoisotopic (exact) mass is 395 g/mol. The first-order valence-corrected chi connectivity index (χ1v) is 8.30. The third-order valence-electron chi connectivity index (χ3n) is 3.97. The van der Waals surface area contributed by atoms with Gasteiger partial charge in [0.2, 0.25) is 0 Å². The predicted octanol–water partition coefficient (Wildman–Crippen LogP) is 4.60. The van der Waals surface area contributed by atoms with E-state index in [0.717, 1.165) is 12.1 Å². The summed E-state index contributed by atoms with van der Waals surface area (Å²) in [7, 11) is 2.99. The van der Waals surface area contributed by atoms with Crippen molar-refractivity contribution in [3.05, 3.63) is 59.2 Å². The molecule has 0 aliphatic rings. The number of oxime groups is 1. The van der Waals surface area contributed by atoms with Crippen molar-refractivity contribution in [2.24, 2.45) is 5.16 Å². The van der Waals surface area contributed by atoms with Crippen LogP contribution in [0.15, 0.2) is 47.6 Å². The van der Waals surface area contributed by atoms with Crippen LogP contribution in [0.4, 0.5) is 13.2 Å². The Morgan fingerprint density at radius 3 is 2.43 bits per heavy atom. The summed E-state index contributed by atoms with van der Waals surface area (Å²) < 4.78 is 48.6. The van der Waals surface area contributed by atoms with Crippen molar-refractivity contribution in [2.75, 3.05) is 14.2 Å². The zero-order valence-corrected chi connectivity index (χ0v) is 15.6. The van der Waals surface area contributed by atoms with E-state index in [1.807, 2.05) is 0 Å². The summed E-state index contributed by atoms with van der Waals surface area (Å²) in [5.74, 6) is 0.107. The minimum atomic E-state index is -4.42. The minimum absolute atomic E-state index is 0.156. The number of halogens is 3. The van der Waals surface area contributed by atoms with Crippen LogP contribution < -0.4 is 9.47 Å². The van der Waals surface area contributed by atoms with Gasteiger partial charge in [0.05, 0.1) is 31.9 Å². The first-order chi connectivity index (χ1) is 13.3. The molecule has 0 heterocycles. The second kappa shape index (κ2) is 9.25. The van der Waals surface area contributed by atoms with Crippen molar-refractivity contribution in [3.8, 4) is 11.5 Å². The lowest BCUT2D eigenvalue weighted by Crippen LogP contribution is -2.11. The van der Waals surface area contributed by atoms with E-state index < -0.39 is 17.7 Å². The average Bonchev–Trinajstić information content (AvgIpc) is 2.66. The minimum Gasteiger partial charge on any atom is -0.493 e. The molecule has 2 aromatic carbocycles. The van der Waals surface area contributed by atoms with Crippen LogP contribution in [0.1, 0.15) is 29.5 Å². The Labute approximate surface area is 160 Å². The number of alkyl halides is 3. The molecule has 1 unspecified atom stereocenters. The van der Waals surface area contributed by atoms with Gasteiger partial charge >= 0.3 is 6.18 Å². The second-order valence-corrected chi connectivity index (χ2v) is 5.93. The Bertz CT molecular complexity index is 850. The highest BCUT2D eigenvalue weighted by molar-refractivity contribution is 5.99. The molecule has 0 aromatic heterocycles. The van der Waals surface area contributed by atoms with Gasteiger partial charge < -0.3 is 14.3 Å². The SMILES string of the molecule is COc1ccc(C(/C=N/OCc2cccc(C(F)(F)F)c2)C(C)=O)cc1OC. The number of hydrogen-bond acceptors (Lipinski definition) is 5. The smallest absolute Gasteiger partial charge is 0.416 e. The molecule has 0 saturated carbocycles. The zero-order valence-electron chi connectivity index (χ0n) is 15.6. The molecule has 0 amide bonds. The number of carbonyl (C=O) groups excluding carboxylic acids is 1. The van der Waals surface area contributed by atoms with Crippen LogP contribution in [0, 0.1) is 0 Å². The number of ether oxygens (including phenoxy) is 2. The Morgan fingerprint density at radius 2 is 1.82 bits per heavy atom. The van der Waals surface area contributed by atoms with Crippen LogP contribution in [-0.2, 0) is 22.4 Å². The van der Waals surface area contributed by atoms with Crippen LogP contribution >= 0.6 is 0 Å². The van der Waals surface area contributed by atoms with Gasteiger partial charge in [0, 0.05) is 0 Å². The predicted molar refractivity (Wildman–Crippen MR) is 97.7 cm³/mol. The van der Waals surface area contributed by atoms with Crippen LogP contribution in [-0.4, -0.2) is 26.2 Å². The summed E-state index contributed by atoms with van der Waals surface area (Å²) in [6.45, 7) is 1.25. The van der Waals surface area contributed by atoms with E-state index in [1.54, 1.807) is 18.2 Å². The van der Waals surface area contributed by atoms with Crippen molar-refractivity contribution in [1.82, 2.24) is 0 Å². The number of rotatable bonds is 8. The van der Waals surface area contributed by atoms with Crippen molar-refractivity contribution < 1.29 is 32.3 Å². The van der Waals surface area contributed by atoms with Crippen molar-refractivity contribution in [2.45, 2.75) is 25.6 Å². The number of hydrogen-bond donors (Lipinski definition) is 0. The maximum absolute atomic E-state index is 12.7. The average molecular weight is 395 g/mol. The van der Waals surface area contributed by atoms with E-state index in [9.17, 15) is 18.0 Å². The largest absolute Gasteiger partial charge is 0.493 e. The molecule has 0 aliphatic carbocycles. The molecule has 5 nitrogen and oxygen atoms in total. The van der Waals surface area contributed by atoms with Gasteiger partial charge in [-0.25, -0.2) is 0 Å². The van der Waals surface area contributed by atoms with Gasteiger partial charge in [0.1, 0.15) is 12.4 Å². The lowest BCUT2D eigenvalue weighted by Gasteiger charge is -2.13. The molecule has 1 atom stereocenters. The van der Waals surface area contributed by atoms with Gasteiger partial charge in [-0.2, -0.15) is 13.2 Å². The molecule has 0 spiro atoms. The van der Waals surface area contributed by atoms with Crippen molar-refractivity contribution in [3.63, 3.8) is 0 Å². The molecule has 0 N–H and O–H groups in total. The van der Waals surface area contributed by atoms with E-state index >= 15 is 0 Å². The number of nitrogens with zero attached hydrogens (tertiary/aromatic N) is 1. The van der Waals surface area contributed by atoms with E-state index in [1.165, 1.54) is 39.5 Å². The van der Waals surface area contributed by atoms with Crippen LogP contribution in [0.25, 0.3) is 0 Å². The molecule has 0 aliphatic heterocycles. The Balaban J connectivity index is 2.09. The highest BCUT2D eigenvalue weighted by Gasteiger charge is 2.30. The first-order valence-electron chi connectivity index (χ1n) is 8.30. The fourth-order valence-corrected chi connectivity index (χ4v) is 2.53. The molecule has 2 rings (SSSR count). The van der Waals surface area contributed by atoms with Crippen molar-refractivity contribution >= 4 is 12.0 Å². The summed E-state index contributed by atoms with van der Waals surface area (Å²) in [4.78, 5) is 17.1. The topological polar surface area (TPSA) is 57.1 Å². The van der Waals surface area contributed by atoms with Gasteiger partial charge in [0.15, 0.2) is 11.5 Å². The van der Waals surface area contributed by atoms with E-state index in [0.29, 0.717) is 22.6 Å². The third-order valence-corrected chi connectivity index (χ3v) is 3.97. The lowest BCUT2D eigenvalue weighted by atomic mass is 9.96. The molecular weight excluding hydrogens is 375 g/mol. The molecule has 0 saturated heterocycles. The van der Waals surface area contributed by atoms with Gasteiger partial charge in [-0.1, -0.05) is 23.4 Å². The fraction of sp³-hybridized carbons (Fsp3) is 0.300. The van der Waals surface area contributed by atoms with Gasteiger partial charge in [-0.15, -0.1) is 0 Å². The number of benzene rings is 2.